The van der Waals surface area contributed by atoms with Gasteiger partial charge in [0, 0.05) is 13.0 Å². The van der Waals surface area contributed by atoms with E-state index in [1.807, 2.05) is 18.2 Å². The van der Waals surface area contributed by atoms with Crippen LogP contribution in [0.1, 0.15) is 16.7 Å². The molecule has 1 aliphatic rings. The molecule has 1 aliphatic heterocycles. The van der Waals surface area contributed by atoms with Crippen LogP contribution in [-0.4, -0.2) is 6.61 Å². The van der Waals surface area contributed by atoms with Gasteiger partial charge in [-0.2, -0.15) is 5.26 Å². The smallest absolute Gasteiger partial charge is 0.143 e. The monoisotopic (exact) mass is 268 g/mol. The average Bonchev–Trinajstić information content (AvgIpc) is 2.92. The third kappa shape index (κ3) is 2.30. The summed E-state index contributed by atoms with van der Waals surface area (Å²) in [6.07, 6.45) is 0.923. The Labute approximate surface area is 116 Å². The second kappa shape index (κ2) is 5.22. The van der Waals surface area contributed by atoms with Crippen molar-refractivity contribution in [3.63, 3.8) is 0 Å². The van der Waals surface area contributed by atoms with Crippen molar-refractivity contribution in [3.8, 4) is 11.8 Å². The Kier molecular flexibility index (Phi) is 3.26. The number of nitrogens with zero attached hydrogens (tertiary/aromatic N) is 1. The molecule has 2 aromatic carbocycles. The Hall–Kier alpha value is -2.54. The molecule has 2 aromatic rings. The molecular weight excluding hydrogens is 255 g/mol. The molecule has 1 N–H and O–H groups in total. The van der Waals surface area contributed by atoms with Crippen molar-refractivity contribution in [2.45, 2.75) is 13.0 Å². The minimum atomic E-state index is -0.500. The Morgan fingerprint density at radius 3 is 3.05 bits per heavy atom. The van der Waals surface area contributed by atoms with Gasteiger partial charge < -0.3 is 10.1 Å². The molecule has 0 spiro atoms. The maximum Gasteiger partial charge on any atom is 0.143 e. The van der Waals surface area contributed by atoms with Crippen LogP contribution in [0.25, 0.3) is 0 Å². The zero-order valence-electron chi connectivity index (χ0n) is 10.8. The molecule has 20 heavy (non-hydrogen) atoms. The van der Waals surface area contributed by atoms with Crippen LogP contribution in [0, 0.1) is 17.1 Å². The van der Waals surface area contributed by atoms with E-state index in [1.54, 1.807) is 12.1 Å². The zero-order chi connectivity index (χ0) is 13.9. The van der Waals surface area contributed by atoms with Gasteiger partial charge in [0.05, 0.1) is 12.3 Å². The summed E-state index contributed by atoms with van der Waals surface area (Å²) in [5, 5.41) is 12.1. The normalized spacial score (nSPS) is 12.4. The molecule has 0 saturated heterocycles. The van der Waals surface area contributed by atoms with Crippen molar-refractivity contribution in [2.24, 2.45) is 0 Å². The van der Waals surface area contributed by atoms with Gasteiger partial charge in [0.2, 0.25) is 0 Å². The van der Waals surface area contributed by atoms with Crippen molar-refractivity contribution < 1.29 is 9.13 Å². The summed E-state index contributed by atoms with van der Waals surface area (Å²) in [7, 11) is 0. The van der Waals surface area contributed by atoms with Crippen LogP contribution < -0.4 is 10.1 Å². The van der Waals surface area contributed by atoms with Crippen LogP contribution in [0.2, 0.25) is 0 Å². The van der Waals surface area contributed by atoms with Gasteiger partial charge in [-0.3, -0.25) is 0 Å². The molecule has 0 aromatic heterocycles. The van der Waals surface area contributed by atoms with Crippen molar-refractivity contribution >= 4 is 5.69 Å². The Morgan fingerprint density at radius 2 is 2.20 bits per heavy atom. The summed E-state index contributed by atoms with van der Waals surface area (Å²) < 4.78 is 18.9. The average molecular weight is 268 g/mol. The summed E-state index contributed by atoms with van der Waals surface area (Å²) in [5.41, 5.74) is 2.85. The third-order valence-corrected chi connectivity index (χ3v) is 3.36. The predicted molar refractivity (Wildman–Crippen MR) is 74.1 cm³/mol. The fourth-order valence-electron chi connectivity index (χ4n) is 2.33. The molecule has 100 valence electrons. The van der Waals surface area contributed by atoms with E-state index in [-0.39, 0.29) is 5.56 Å². The van der Waals surface area contributed by atoms with E-state index in [1.165, 1.54) is 11.6 Å². The number of nitriles is 1. The van der Waals surface area contributed by atoms with Gasteiger partial charge >= 0.3 is 0 Å². The molecule has 0 unspecified atom stereocenters. The molecule has 0 saturated carbocycles. The first-order chi connectivity index (χ1) is 9.78. The number of rotatable bonds is 3. The van der Waals surface area contributed by atoms with Gasteiger partial charge in [-0.05, 0) is 29.3 Å². The first kappa shape index (κ1) is 12.5. The van der Waals surface area contributed by atoms with Gasteiger partial charge in [0.15, 0.2) is 0 Å². The number of hydrogen-bond donors (Lipinski definition) is 1. The van der Waals surface area contributed by atoms with Crippen LogP contribution in [0.4, 0.5) is 10.1 Å². The number of fused-ring (bicyclic) bond motifs is 1. The van der Waals surface area contributed by atoms with E-state index in [2.05, 4.69) is 11.4 Å². The molecule has 3 rings (SSSR count). The molecule has 0 radical (unpaired) electrons. The molecule has 4 heteroatoms. The lowest BCUT2D eigenvalue weighted by atomic mass is 10.1. The summed E-state index contributed by atoms with van der Waals surface area (Å²) in [6.45, 7) is 1.28. The maximum absolute atomic E-state index is 13.5. The van der Waals surface area contributed by atoms with E-state index in [4.69, 9.17) is 10.00 Å². The molecule has 0 atom stereocenters. The lowest BCUT2D eigenvalue weighted by molar-refractivity contribution is 0.357. The maximum atomic E-state index is 13.5. The quantitative estimate of drug-likeness (QED) is 0.929. The van der Waals surface area contributed by atoms with Crippen LogP contribution in [0.3, 0.4) is 0 Å². The number of nitrogens with one attached hydrogen (secondary N) is 1. The fraction of sp³-hybridized carbons (Fsp3) is 0.188. The van der Waals surface area contributed by atoms with Gasteiger partial charge in [-0.25, -0.2) is 4.39 Å². The molecule has 0 bridgehead atoms. The summed E-state index contributed by atoms with van der Waals surface area (Å²) in [4.78, 5) is 0. The highest BCUT2D eigenvalue weighted by Crippen LogP contribution is 2.26. The zero-order valence-corrected chi connectivity index (χ0v) is 10.8. The van der Waals surface area contributed by atoms with Crippen LogP contribution in [-0.2, 0) is 13.0 Å². The summed E-state index contributed by atoms with van der Waals surface area (Å²) >= 11 is 0. The first-order valence-electron chi connectivity index (χ1n) is 6.45. The molecule has 0 aliphatic carbocycles. The highest BCUT2D eigenvalue weighted by Gasteiger charge is 2.12. The van der Waals surface area contributed by atoms with Gasteiger partial charge in [0.25, 0.3) is 0 Å². The molecule has 1 heterocycles. The molecule has 0 fully saturated rings. The molecule has 3 nitrogen and oxygen atoms in total. The van der Waals surface area contributed by atoms with E-state index >= 15 is 0 Å². The molecule has 0 amide bonds. The number of ether oxygens (including phenoxy) is 1. The van der Waals surface area contributed by atoms with Crippen molar-refractivity contribution in [1.82, 2.24) is 0 Å². The van der Waals surface area contributed by atoms with Gasteiger partial charge in [-0.15, -0.1) is 0 Å². The van der Waals surface area contributed by atoms with E-state index in [0.29, 0.717) is 12.2 Å². The predicted octanol–water partition coefficient (Wildman–Crippen LogP) is 3.24. The lowest BCUT2D eigenvalue weighted by Gasteiger charge is -2.09. The van der Waals surface area contributed by atoms with Gasteiger partial charge in [0.1, 0.15) is 23.2 Å². The van der Waals surface area contributed by atoms with Gasteiger partial charge in [-0.1, -0.05) is 18.2 Å². The third-order valence-electron chi connectivity index (χ3n) is 3.36. The van der Waals surface area contributed by atoms with Crippen LogP contribution >= 0.6 is 0 Å². The van der Waals surface area contributed by atoms with E-state index in [9.17, 15) is 4.39 Å². The summed E-state index contributed by atoms with van der Waals surface area (Å²) in [6, 6.07) is 12.5. The summed E-state index contributed by atoms with van der Waals surface area (Å²) in [5.74, 6) is 0.442. The topological polar surface area (TPSA) is 45.0 Å². The largest absolute Gasteiger partial charge is 0.493 e. The second-order valence-corrected chi connectivity index (χ2v) is 4.67. The first-order valence-corrected chi connectivity index (χ1v) is 6.45. The van der Waals surface area contributed by atoms with E-state index in [0.717, 1.165) is 24.3 Å². The van der Waals surface area contributed by atoms with Crippen LogP contribution in [0.5, 0.6) is 5.75 Å². The highest BCUT2D eigenvalue weighted by atomic mass is 19.1. The minimum absolute atomic E-state index is 0.0528. The lowest BCUT2D eigenvalue weighted by Crippen LogP contribution is -2.02. The Balaban J connectivity index is 1.77. The Morgan fingerprint density at radius 1 is 1.30 bits per heavy atom. The SMILES string of the molecule is N#Cc1c(F)cccc1NCc1ccc2c(c1)CCO2. The second-order valence-electron chi connectivity index (χ2n) is 4.67. The number of halogens is 1. The molecular formula is C16H13FN2O. The van der Waals surface area contributed by atoms with Crippen molar-refractivity contribution in [3.05, 3.63) is 58.9 Å². The number of hydrogen-bond acceptors (Lipinski definition) is 3. The number of anilines is 1. The number of benzene rings is 2. The minimum Gasteiger partial charge on any atom is -0.493 e. The Bertz CT molecular complexity index is 691. The van der Waals surface area contributed by atoms with Crippen molar-refractivity contribution in [1.29, 1.82) is 5.26 Å². The fourth-order valence-corrected chi connectivity index (χ4v) is 2.33. The van der Waals surface area contributed by atoms with Crippen LogP contribution in [0.15, 0.2) is 36.4 Å². The van der Waals surface area contributed by atoms with E-state index < -0.39 is 5.82 Å². The standard InChI is InChI=1S/C16H13FN2O/c17-14-2-1-3-15(13(14)9-18)19-10-11-4-5-16-12(8-11)6-7-20-16/h1-5,8,19H,6-7,10H2. The van der Waals surface area contributed by atoms with Crippen molar-refractivity contribution in [2.75, 3.05) is 11.9 Å². The highest BCUT2D eigenvalue weighted by molar-refractivity contribution is 5.58.